The largest absolute Gasteiger partial charge is 0.494 e. The van der Waals surface area contributed by atoms with Gasteiger partial charge in [-0.15, -0.1) is 0 Å². The number of fused-ring (bicyclic) bond motifs is 1. The molecule has 2 aromatic rings. The Morgan fingerprint density at radius 1 is 1.21 bits per heavy atom. The van der Waals surface area contributed by atoms with E-state index in [1.165, 1.54) is 12.5 Å². The highest BCUT2D eigenvalue weighted by atomic mass is 19.1. The lowest BCUT2D eigenvalue weighted by molar-refractivity contribution is 0.187. The van der Waals surface area contributed by atoms with Crippen LogP contribution in [-0.2, 0) is 13.0 Å². The highest BCUT2D eigenvalue weighted by Crippen LogP contribution is 2.37. The average Bonchev–Trinajstić information content (AvgIpc) is 3.26. The lowest BCUT2D eigenvalue weighted by Gasteiger charge is -2.38. The van der Waals surface area contributed by atoms with E-state index in [9.17, 15) is 4.39 Å². The first-order chi connectivity index (χ1) is 16.5. The molecule has 1 aromatic carbocycles. The number of benzene rings is 1. The minimum atomic E-state index is -0.284. The van der Waals surface area contributed by atoms with Crippen LogP contribution in [0, 0.1) is 5.82 Å². The van der Waals surface area contributed by atoms with Gasteiger partial charge in [0.2, 0.25) is 0 Å². The van der Waals surface area contributed by atoms with E-state index in [0.29, 0.717) is 49.2 Å². The molecule has 1 aromatic heterocycles. The maximum Gasteiger partial charge on any atom is 0.318 e. The molecule has 0 unspecified atom stereocenters. The zero-order valence-corrected chi connectivity index (χ0v) is 20.4. The number of hydrogen-bond acceptors (Lipinski definition) is 8. The molecule has 0 aliphatic carbocycles. The molecule has 184 valence electrons. The number of piperazine rings is 1. The van der Waals surface area contributed by atoms with Gasteiger partial charge in [0.1, 0.15) is 29.7 Å². The second-order valence-corrected chi connectivity index (χ2v) is 9.55. The second-order valence-electron chi connectivity index (χ2n) is 9.55. The van der Waals surface area contributed by atoms with Gasteiger partial charge < -0.3 is 29.5 Å². The third-order valence-corrected chi connectivity index (χ3v) is 7.36. The molecule has 0 amide bonds. The zero-order chi connectivity index (χ0) is 23.7. The number of anilines is 2. The van der Waals surface area contributed by atoms with Crippen molar-refractivity contribution in [3.8, 4) is 11.8 Å². The summed E-state index contributed by atoms with van der Waals surface area (Å²) in [6.45, 7) is 7.79. The van der Waals surface area contributed by atoms with Crippen molar-refractivity contribution in [2.24, 2.45) is 0 Å². The van der Waals surface area contributed by atoms with Crippen LogP contribution in [0.4, 0.5) is 15.9 Å². The smallest absolute Gasteiger partial charge is 0.318 e. The normalized spacial score (nSPS) is 23.2. The van der Waals surface area contributed by atoms with Crippen molar-refractivity contribution >= 4 is 11.5 Å². The van der Waals surface area contributed by atoms with Crippen molar-refractivity contribution in [2.45, 2.75) is 44.8 Å². The van der Waals surface area contributed by atoms with Gasteiger partial charge in [0.15, 0.2) is 0 Å². The SMILES string of the molecule is COc1cccc(F)c1N1CCc2c(nc(OC[C@@H]3CCCN3C)nc2N2CCNC[C@@H]2C)C1. The number of ether oxygens (including phenoxy) is 2. The van der Waals surface area contributed by atoms with Crippen LogP contribution >= 0.6 is 0 Å². The maximum atomic E-state index is 14.8. The third-order valence-electron chi connectivity index (χ3n) is 7.36. The van der Waals surface area contributed by atoms with E-state index < -0.39 is 0 Å². The van der Waals surface area contributed by atoms with Crippen molar-refractivity contribution in [3.63, 3.8) is 0 Å². The Morgan fingerprint density at radius 2 is 2.09 bits per heavy atom. The van der Waals surface area contributed by atoms with Crippen molar-refractivity contribution < 1.29 is 13.9 Å². The predicted octanol–water partition coefficient (Wildman–Crippen LogP) is 2.46. The minimum absolute atomic E-state index is 0.284. The van der Waals surface area contributed by atoms with E-state index >= 15 is 0 Å². The third kappa shape index (κ3) is 4.51. The van der Waals surface area contributed by atoms with Crippen LogP contribution in [0.15, 0.2) is 18.2 Å². The first kappa shape index (κ1) is 23.1. The number of nitrogens with zero attached hydrogens (tertiary/aromatic N) is 5. The summed E-state index contributed by atoms with van der Waals surface area (Å²) < 4.78 is 26.5. The number of hydrogen-bond donors (Lipinski definition) is 1. The molecule has 5 rings (SSSR count). The Bertz CT molecular complexity index is 1020. The standard InChI is InChI=1S/C25H35FN6O2/c1-17-14-27-10-13-32(17)24-19-9-12-31(23-20(26)7-4-8-22(23)33-3)15-21(19)28-25(29-24)34-16-18-6-5-11-30(18)2/h4,7-8,17-18,27H,5-6,9-16H2,1-3H3/t17-,18-/m0/s1. The lowest BCUT2D eigenvalue weighted by Crippen LogP contribution is -2.51. The van der Waals surface area contributed by atoms with Crippen LogP contribution in [0.2, 0.25) is 0 Å². The molecule has 0 spiro atoms. The fourth-order valence-electron chi connectivity index (χ4n) is 5.36. The van der Waals surface area contributed by atoms with E-state index in [1.807, 2.05) is 4.90 Å². The molecule has 4 heterocycles. The van der Waals surface area contributed by atoms with Crippen LogP contribution in [0.25, 0.3) is 0 Å². The molecule has 1 N–H and O–H groups in total. The highest BCUT2D eigenvalue weighted by Gasteiger charge is 2.31. The summed E-state index contributed by atoms with van der Waals surface area (Å²) in [6, 6.07) is 6.09. The number of halogens is 1. The minimum Gasteiger partial charge on any atom is -0.494 e. The van der Waals surface area contributed by atoms with Crippen molar-refractivity contribution in [1.29, 1.82) is 0 Å². The van der Waals surface area contributed by atoms with Gasteiger partial charge in [-0.2, -0.15) is 9.97 Å². The average molecular weight is 471 g/mol. The van der Waals surface area contributed by atoms with Gasteiger partial charge in [-0.25, -0.2) is 4.39 Å². The fraction of sp³-hybridized carbons (Fsp3) is 0.600. The Labute approximate surface area is 201 Å². The van der Waals surface area contributed by atoms with Gasteiger partial charge in [-0.05, 0) is 51.9 Å². The first-order valence-electron chi connectivity index (χ1n) is 12.3. The van der Waals surface area contributed by atoms with Crippen molar-refractivity contribution in [1.82, 2.24) is 20.2 Å². The number of nitrogens with one attached hydrogen (secondary N) is 1. The molecular formula is C25H35FN6O2. The first-order valence-corrected chi connectivity index (χ1v) is 12.3. The zero-order valence-electron chi connectivity index (χ0n) is 20.4. The Hall–Kier alpha value is -2.65. The quantitative estimate of drug-likeness (QED) is 0.691. The molecule has 2 saturated heterocycles. The molecule has 3 aliphatic heterocycles. The lowest BCUT2D eigenvalue weighted by atomic mass is 10.0. The van der Waals surface area contributed by atoms with Crippen molar-refractivity contribution in [2.75, 3.05) is 63.3 Å². The van der Waals surface area contributed by atoms with Crippen molar-refractivity contribution in [3.05, 3.63) is 35.3 Å². The van der Waals surface area contributed by atoms with E-state index in [-0.39, 0.29) is 5.82 Å². The summed E-state index contributed by atoms with van der Waals surface area (Å²) >= 11 is 0. The predicted molar refractivity (Wildman–Crippen MR) is 131 cm³/mol. The number of para-hydroxylation sites is 1. The molecule has 2 fully saturated rings. The van der Waals surface area contributed by atoms with Crippen LogP contribution in [-0.4, -0.2) is 80.4 Å². The Kier molecular flexibility index (Phi) is 6.74. The van der Waals surface area contributed by atoms with Gasteiger partial charge in [0.25, 0.3) is 0 Å². The highest BCUT2D eigenvalue weighted by molar-refractivity contribution is 5.62. The number of aromatic nitrogens is 2. The summed E-state index contributed by atoms with van der Waals surface area (Å²) in [5.74, 6) is 1.22. The summed E-state index contributed by atoms with van der Waals surface area (Å²) in [6.07, 6.45) is 3.06. The fourth-order valence-corrected chi connectivity index (χ4v) is 5.36. The van der Waals surface area contributed by atoms with E-state index in [4.69, 9.17) is 19.4 Å². The monoisotopic (exact) mass is 470 g/mol. The number of methoxy groups -OCH3 is 1. The second kappa shape index (κ2) is 9.92. The maximum absolute atomic E-state index is 14.8. The Balaban J connectivity index is 1.47. The molecule has 0 radical (unpaired) electrons. The topological polar surface area (TPSA) is 66.0 Å². The van der Waals surface area contributed by atoms with Gasteiger partial charge >= 0.3 is 6.01 Å². The van der Waals surface area contributed by atoms with E-state index in [1.54, 1.807) is 19.2 Å². The van der Waals surface area contributed by atoms with Crippen LogP contribution in [0.5, 0.6) is 11.8 Å². The van der Waals surface area contributed by atoms with Crippen LogP contribution < -0.4 is 24.6 Å². The molecule has 3 aliphatic rings. The van der Waals surface area contributed by atoms with Gasteiger partial charge in [-0.1, -0.05) is 6.07 Å². The van der Waals surface area contributed by atoms with E-state index in [0.717, 1.165) is 56.1 Å². The molecule has 2 atom stereocenters. The van der Waals surface area contributed by atoms with Crippen LogP contribution in [0.1, 0.15) is 31.0 Å². The van der Waals surface area contributed by atoms with Crippen LogP contribution in [0.3, 0.4) is 0 Å². The summed E-state index contributed by atoms with van der Waals surface area (Å²) in [5.41, 5.74) is 2.54. The molecular weight excluding hydrogens is 435 g/mol. The summed E-state index contributed by atoms with van der Waals surface area (Å²) in [4.78, 5) is 16.5. The number of likely N-dealkylation sites (N-methyl/N-ethyl adjacent to an activating group) is 1. The molecule has 0 saturated carbocycles. The molecule has 9 heteroatoms. The number of rotatable bonds is 6. The van der Waals surface area contributed by atoms with E-state index in [2.05, 4.69) is 29.1 Å². The van der Waals surface area contributed by atoms with Gasteiger partial charge in [-0.3, -0.25) is 0 Å². The molecule has 8 nitrogen and oxygen atoms in total. The van der Waals surface area contributed by atoms with Gasteiger partial charge in [0.05, 0.1) is 19.3 Å². The number of likely N-dealkylation sites (tertiary alicyclic amines) is 1. The molecule has 0 bridgehead atoms. The summed E-state index contributed by atoms with van der Waals surface area (Å²) in [5, 5.41) is 3.46. The molecule has 34 heavy (non-hydrogen) atoms. The Morgan fingerprint density at radius 3 is 2.85 bits per heavy atom. The summed E-state index contributed by atoms with van der Waals surface area (Å²) in [7, 11) is 3.72. The van der Waals surface area contributed by atoms with Gasteiger partial charge in [0, 0.05) is 43.8 Å².